The smallest absolute Gasteiger partial charge is 0.129 e. The molecule has 2 saturated carbocycles. The van der Waals surface area contributed by atoms with Crippen molar-refractivity contribution in [3.63, 3.8) is 0 Å². The average Bonchev–Trinajstić information content (AvgIpc) is 2.68. The zero-order chi connectivity index (χ0) is 19.9. The summed E-state index contributed by atoms with van der Waals surface area (Å²) in [5.41, 5.74) is 0.966. The SMILES string of the molecule is CCCCCC1CCC(C2CCC(CCc3c(F)cc(C)cc3F)CC2)CC1. The maximum absolute atomic E-state index is 14.1. The number of halogens is 2. The second-order valence-corrected chi connectivity index (χ2v) is 9.80. The fourth-order valence-electron chi connectivity index (χ4n) is 5.90. The molecule has 0 spiro atoms. The first kappa shape index (κ1) is 21.8. The van der Waals surface area contributed by atoms with Crippen LogP contribution in [0.4, 0.5) is 8.78 Å². The molecule has 158 valence electrons. The molecule has 2 heteroatoms. The van der Waals surface area contributed by atoms with E-state index in [2.05, 4.69) is 6.92 Å². The molecule has 1 aromatic carbocycles. The van der Waals surface area contributed by atoms with Crippen LogP contribution in [0.1, 0.15) is 102 Å². The predicted octanol–water partition coefficient (Wildman–Crippen LogP) is 8.40. The lowest BCUT2D eigenvalue weighted by molar-refractivity contribution is 0.140. The summed E-state index contributed by atoms with van der Waals surface area (Å²) in [7, 11) is 0. The Balaban J connectivity index is 1.37. The Morgan fingerprint density at radius 3 is 1.75 bits per heavy atom. The van der Waals surface area contributed by atoms with Crippen molar-refractivity contribution >= 4 is 0 Å². The lowest BCUT2D eigenvalue weighted by atomic mass is 9.68. The Morgan fingerprint density at radius 2 is 1.25 bits per heavy atom. The minimum atomic E-state index is -0.359. The first-order valence-corrected chi connectivity index (χ1v) is 12.0. The van der Waals surface area contributed by atoms with Gasteiger partial charge in [0.1, 0.15) is 11.6 Å². The Kier molecular flexibility index (Phi) is 8.36. The Morgan fingerprint density at radius 1 is 0.750 bits per heavy atom. The topological polar surface area (TPSA) is 0 Å². The molecule has 0 aliphatic heterocycles. The molecule has 0 bridgehead atoms. The Bertz CT molecular complexity index is 569. The largest absolute Gasteiger partial charge is 0.207 e. The van der Waals surface area contributed by atoms with E-state index in [1.54, 1.807) is 6.92 Å². The lowest BCUT2D eigenvalue weighted by Gasteiger charge is -2.38. The van der Waals surface area contributed by atoms with E-state index in [4.69, 9.17) is 0 Å². The number of rotatable bonds is 8. The third kappa shape index (κ3) is 6.04. The number of aryl methyl sites for hydroxylation is 1. The van der Waals surface area contributed by atoms with Gasteiger partial charge in [0.25, 0.3) is 0 Å². The molecular formula is C26H40F2. The summed E-state index contributed by atoms with van der Waals surface area (Å²) in [6.07, 6.45) is 18.1. The van der Waals surface area contributed by atoms with Crippen LogP contribution in [-0.4, -0.2) is 0 Å². The van der Waals surface area contributed by atoms with E-state index in [0.717, 1.165) is 24.2 Å². The molecule has 0 amide bonds. The molecule has 2 fully saturated rings. The van der Waals surface area contributed by atoms with Crippen molar-refractivity contribution in [2.75, 3.05) is 0 Å². The van der Waals surface area contributed by atoms with E-state index < -0.39 is 0 Å². The number of hydrogen-bond acceptors (Lipinski definition) is 0. The first-order valence-electron chi connectivity index (χ1n) is 12.0. The van der Waals surface area contributed by atoms with Gasteiger partial charge >= 0.3 is 0 Å². The van der Waals surface area contributed by atoms with Gasteiger partial charge in [-0.3, -0.25) is 0 Å². The quantitative estimate of drug-likeness (QED) is 0.391. The Labute approximate surface area is 171 Å². The molecule has 0 saturated heterocycles. The Hall–Kier alpha value is -0.920. The molecule has 0 nitrogen and oxygen atoms in total. The van der Waals surface area contributed by atoms with E-state index >= 15 is 0 Å². The summed E-state index contributed by atoms with van der Waals surface area (Å²) in [6, 6.07) is 2.93. The highest BCUT2D eigenvalue weighted by Crippen LogP contribution is 2.43. The van der Waals surface area contributed by atoms with E-state index in [1.165, 1.54) is 89.2 Å². The summed E-state index contributed by atoms with van der Waals surface area (Å²) in [5.74, 6) is 2.81. The van der Waals surface area contributed by atoms with Crippen molar-refractivity contribution < 1.29 is 8.78 Å². The maximum Gasteiger partial charge on any atom is 0.129 e. The molecular weight excluding hydrogens is 350 g/mol. The van der Waals surface area contributed by atoms with E-state index in [0.29, 0.717) is 23.5 Å². The summed E-state index contributed by atoms with van der Waals surface area (Å²) in [4.78, 5) is 0. The summed E-state index contributed by atoms with van der Waals surface area (Å²) >= 11 is 0. The van der Waals surface area contributed by atoms with E-state index in [9.17, 15) is 8.78 Å². The van der Waals surface area contributed by atoms with Crippen molar-refractivity contribution in [1.82, 2.24) is 0 Å². The molecule has 0 atom stereocenters. The van der Waals surface area contributed by atoms with Crippen LogP contribution in [0.15, 0.2) is 12.1 Å². The third-order valence-corrected chi connectivity index (χ3v) is 7.75. The summed E-state index contributed by atoms with van der Waals surface area (Å²) in [6.45, 7) is 4.04. The molecule has 0 N–H and O–H groups in total. The van der Waals surface area contributed by atoms with Gasteiger partial charge in [-0.05, 0) is 86.8 Å². The summed E-state index contributed by atoms with van der Waals surface area (Å²) < 4.78 is 28.1. The van der Waals surface area contributed by atoms with Gasteiger partial charge in [0.2, 0.25) is 0 Å². The average molecular weight is 391 g/mol. The van der Waals surface area contributed by atoms with Gasteiger partial charge < -0.3 is 0 Å². The van der Waals surface area contributed by atoms with Gasteiger partial charge in [-0.25, -0.2) is 8.78 Å². The minimum Gasteiger partial charge on any atom is -0.207 e. The molecule has 0 unspecified atom stereocenters. The van der Waals surface area contributed by atoms with Crippen LogP contribution >= 0.6 is 0 Å². The molecule has 28 heavy (non-hydrogen) atoms. The van der Waals surface area contributed by atoms with E-state index in [-0.39, 0.29) is 11.6 Å². The first-order chi connectivity index (χ1) is 13.6. The van der Waals surface area contributed by atoms with Gasteiger partial charge in [0.15, 0.2) is 0 Å². The standard InChI is InChI=1S/C26H40F2/c1-3-4-5-6-20-7-12-22(13-8-20)23-14-9-21(10-15-23)11-16-24-25(27)17-19(2)18-26(24)28/h17-18,20-23H,3-16H2,1-2H3. The molecule has 1 aromatic rings. The summed E-state index contributed by atoms with van der Waals surface area (Å²) in [5, 5.41) is 0. The van der Waals surface area contributed by atoms with Crippen LogP contribution in [0.2, 0.25) is 0 Å². The number of hydrogen-bond donors (Lipinski definition) is 0. The van der Waals surface area contributed by atoms with Gasteiger partial charge in [0, 0.05) is 5.56 Å². The molecule has 0 aromatic heterocycles. The van der Waals surface area contributed by atoms with Crippen molar-refractivity contribution in [3.8, 4) is 0 Å². The van der Waals surface area contributed by atoms with Crippen molar-refractivity contribution in [3.05, 3.63) is 34.9 Å². The second-order valence-electron chi connectivity index (χ2n) is 9.80. The normalized spacial score (nSPS) is 28.4. The fraction of sp³-hybridized carbons (Fsp3) is 0.769. The number of unbranched alkanes of at least 4 members (excludes halogenated alkanes) is 2. The molecule has 0 heterocycles. The molecule has 2 aliphatic rings. The van der Waals surface area contributed by atoms with Crippen LogP contribution in [-0.2, 0) is 6.42 Å². The van der Waals surface area contributed by atoms with Crippen molar-refractivity contribution in [2.45, 2.75) is 104 Å². The zero-order valence-corrected chi connectivity index (χ0v) is 18.1. The van der Waals surface area contributed by atoms with Gasteiger partial charge in [-0.2, -0.15) is 0 Å². The van der Waals surface area contributed by atoms with Crippen molar-refractivity contribution in [1.29, 1.82) is 0 Å². The molecule has 3 rings (SSSR count). The van der Waals surface area contributed by atoms with Gasteiger partial charge in [-0.15, -0.1) is 0 Å². The fourth-order valence-corrected chi connectivity index (χ4v) is 5.90. The predicted molar refractivity (Wildman–Crippen MR) is 114 cm³/mol. The monoisotopic (exact) mass is 390 g/mol. The molecule has 2 aliphatic carbocycles. The number of benzene rings is 1. The van der Waals surface area contributed by atoms with Crippen molar-refractivity contribution in [2.24, 2.45) is 23.7 Å². The van der Waals surface area contributed by atoms with Crippen LogP contribution in [0.25, 0.3) is 0 Å². The van der Waals surface area contributed by atoms with Gasteiger partial charge in [-0.1, -0.05) is 58.3 Å². The zero-order valence-electron chi connectivity index (χ0n) is 18.1. The van der Waals surface area contributed by atoms with Gasteiger partial charge in [0.05, 0.1) is 0 Å². The van der Waals surface area contributed by atoms with Crippen LogP contribution < -0.4 is 0 Å². The second kappa shape index (κ2) is 10.7. The van der Waals surface area contributed by atoms with E-state index in [1.807, 2.05) is 0 Å². The van der Waals surface area contributed by atoms with Crippen LogP contribution in [0, 0.1) is 42.2 Å². The highest BCUT2D eigenvalue weighted by atomic mass is 19.1. The van der Waals surface area contributed by atoms with Crippen LogP contribution in [0.3, 0.4) is 0 Å². The lowest BCUT2D eigenvalue weighted by Crippen LogP contribution is -2.26. The highest BCUT2D eigenvalue weighted by molar-refractivity contribution is 5.25. The highest BCUT2D eigenvalue weighted by Gasteiger charge is 2.30. The molecule has 0 radical (unpaired) electrons. The maximum atomic E-state index is 14.1. The minimum absolute atomic E-state index is 0.300. The third-order valence-electron chi connectivity index (χ3n) is 7.75. The van der Waals surface area contributed by atoms with Crippen LogP contribution in [0.5, 0.6) is 0 Å².